The van der Waals surface area contributed by atoms with Crippen molar-refractivity contribution in [2.24, 2.45) is 7.05 Å². The van der Waals surface area contributed by atoms with Crippen LogP contribution < -0.4 is 5.73 Å². The molecule has 0 aliphatic carbocycles. The first-order valence-electron chi connectivity index (χ1n) is 5.51. The van der Waals surface area contributed by atoms with Crippen molar-refractivity contribution in [3.05, 3.63) is 34.4 Å². The Morgan fingerprint density at radius 2 is 1.89 bits per heavy atom. The first kappa shape index (κ1) is 11.3. The molecule has 0 bridgehead atoms. The number of nitrogens with zero attached hydrogens (tertiary/aromatic N) is 4. The number of benzene rings is 1. The molecule has 6 heteroatoms. The predicted molar refractivity (Wildman–Crippen MR) is 74.7 cm³/mol. The van der Waals surface area contributed by atoms with Gasteiger partial charge in [0.15, 0.2) is 5.65 Å². The van der Waals surface area contributed by atoms with Gasteiger partial charge in [0, 0.05) is 11.5 Å². The Bertz CT molecular complexity index is 723. The van der Waals surface area contributed by atoms with E-state index >= 15 is 0 Å². The number of imidazole rings is 1. The number of aromatic nitrogens is 4. The van der Waals surface area contributed by atoms with Crippen molar-refractivity contribution in [1.29, 1.82) is 0 Å². The van der Waals surface area contributed by atoms with Crippen LogP contribution in [0.4, 0.5) is 5.95 Å². The van der Waals surface area contributed by atoms with Gasteiger partial charge in [-0.2, -0.15) is 5.10 Å². The molecular weight excluding hydrogens is 294 g/mol. The van der Waals surface area contributed by atoms with Crippen molar-refractivity contribution >= 4 is 33.0 Å². The number of nitrogens with two attached hydrogens (primary N) is 1. The molecule has 2 N–H and O–H groups in total. The zero-order valence-corrected chi connectivity index (χ0v) is 11.6. The highest BCUT2D eigenvalue weighted by molar-refractivity contribution is 9.10. The lowest BCUT2D eigenvalue weighted by molar-refractivity contribution is 0.762. The molecular formula is C12H12BrN5. The van der Waals surface area contributed by atoms with E-state index in [2.05, 4.69) is 26.0 Å². The first-order valence-corrected chi connectivity index (χ1v) is 6.30. The molecule has 3 rings (SSSR count). The fraction of sp³-hybridized carbons (Fsp3) is 0.167. The van der Waals surface area contributed by atoms with Crippen LogP contribution in [0.2, 0.25) is 0 Å². The van der Waals surface area contributed by atoms with Gasteiger partial charge in [-0.3, -0.25) is 4.57 Å². The molecule has 92 valence electrons. The molecule has 5 nitrogen and oxygen atoms in total. The van der Waals surface area contributed by atoms with E-state index in [-0.39, 0.29) is 0 Å². The summed E-state index contributed by atoms with van der Waals surface area (Å²) in [6, 6.07) is 7.93. The number of nitrogen functional groups attached to an aromatic ring is 1. The summed E-state index contributed by atoms with van der Waals surface area (Å²) < 4.78 is 4.74. The summed E-state index contributed by atoms with van der Waals surface area (Å²) in [5, 5.41) is 4.36. The second-order valence-corrected chi connectivity index (χ2v) is 5.08. The summed E-state index contributed by atoms with van der Waals surface area (Å²) >= 11 is 3.42. The van der Waals surface area contributed by atoms with Crippen LogP contribution in [-0.2, 0) is 7.05 Å². The minimum absolute atomic E-state index is 0.475. The van der Waals surface area contributed by atoms with E-state index < -0.39 is 0 Å². The molecule has 18 heavy (non-hydrogen) atoms. The highest BCUT2D eigenvalue weighted by Gasteiger charge is 2.16. The molecule has 0 unspecified atom stereocenters. The van der Waals surface area contributed by atoms with Gasteiger partial charge in [0.05, 0.1) is 11.4 Å². The Labute approximate surface area is 112 Å². The lowest BCUT2D eigenvalue weighted by Crippen LogP contribution is -2.04. The fourth-order valence-corrected chi connectivity index (χ4v) is 2.40. The molecule has 0 atom stereocenters. The lowest BCUT2D eigenvalue weighted by Gasteiger charge is -2.06. The number of halogens is 1. The van der Waals surface area contributed by atoms with Gasteiger partial charge in [-0.1, -0.05) is 15.9 Å². The Morgan fingerprint density at radius 1 is 1.22 bits per heavy atom. The third-order valence-corrected chi connectivity index (χ3v) is 3.44. The van der Waals surface area contributed by atoms with Crippen LogP contribution >= 0.6 is 15.9 Å². The molecule has 0 amide bonds. The van der Waals surface area contributed by atoms with Crippen LogP contribution in [0.25, 0.3) is 16.9 Å². The highest BCUT2D eigenvalue weighted by Crippen LogP contribution is 2.25. The maximum Gasteiger partial charge on any atom is 0.207 e. The number of rotatable bonds is 1. The Morgan fingerprint density at radius 3 is 2.56 bits per heavy atom. The van der Waals surface area contributed by atoms with E-state index in [1.165, 1.54) is 0 Å². The van der Waals surface area contributed by atoms with Gasteiger partial charge in [-0.25, -0.2) is 9.67 Å². The van der Waals surface area contributed by atoms with Crippen LogP contribution in [0.5, 0.6) is 0 Å². The largest absolute Gasteiger partial charge is 0.369 e. The van der Waals surface area contributed by atoms with Crippen LogP contribution in [0.3, 0.4) is 0 Å². The summed E-state index contributed by atoms with van der Waals surface area (Å²) in [7, 11) is 1.89. The van der Waals surface area contributed by atoms with E-state index in [0.717, 1.165) is 27.0 Å². The minimum Gasteiger partial charge on any atom is -0.369 e. The van der Waals surface area contributed by atoms with Crippen LogP contribution in [0, 0.1) is 6.92 Å². The number of hydrogen-bond acceptors (Lipinski definition) is 3. The maximum absolute atomic E-state index is 6.00. The average molecular weight is 306 g/mol. The molecule has 0 fully saturated rings. The zero-order valence-electron chi connectivity index (χ0n) is 10.1. The molecule has 0 aliphatic heterocycles. The third kappa shape index (κ3) is 1.53. The van der Waals surface area contributed by atoms with E-state index in [0.29, 0.717) is 5.95 Å². The maximum atomic E-state index is 6.00. The van der Waals surface area contributed by atoms with E-state index in [9.17, 15) is 0 Å². The molecule has 2 aromatic heterocycles. The molecule has 0 spiro atoms. The Kier molecular flexibility index (Phi) is 2.41. The average Bonchev–Trinajstić information content (AvgIpc) is 2.79. The summed E-state index contributed by atoms with van der Waals surface area (Å²) in [6.07, 6.45) is 0. The van der Waals surface area contributed by atoms with Gasteiger partial charge < -0.3 is 5.73 Å². The quantitative estimate of drug-likeness (QED) is 0.751. The lowest BCUT2D eigenvalue weighted by atomic mass is 10.3. The number of hydrogen-bond donors (Lipinski definition) is 1. The SMILES string of the molecule is Cc1nn(C)c2c1nc(N)n2-c1ccc(Br)cc1. The highest BCUT2D eigenvalue weighted by atomic mass is 79.9. The van der Waals surface area contributed by atoms with E-state index in [1.807, 2.05) is 42.8 Å². The normalized spacial score (nSPS) is 11.3. The molecule has 2 heterocycles. The van der Waals surface area contributed by atoms with E-state index in [4.69, 9.17) is 5.73 Å². The van der Waals surface area contributed by atoms with Crippen LogP contribution in [-0.4, -0.2) is 19.3 Å². The third-order valence-electron chi connectivity index (χ3n) is 2.91. The summed E-state index contributed by atoms with van der Waals surface area (Å²) in [6.45, 7) is 1.93. The van der Waals surface area contributed by atoms with Crippen molar-refractivity contribution in [2.75, 3.05) is 5.73 Å². The molecule has 0 radical (unpaired) electrons. The van der Waals surface area contributed by atoms with Crippen molar-refractivity contribution in [2.45, 2.75) is 6.92 Å². The molecule has 0 aliphatic rings. The second-order valence-electron chi connectivity index (χ2n) is 4.16. The molecule has 3 aromatic rings. The van der Waals surface area contributed by atoms with Crippen molar-refractivity contribution < 1.29 is 0 Å². The van der Waals surface area contributed by atoms with Gasteiger partial charge in [-0.05, 0) is 31.2 Å². The zero-order chi connectivity index (χ0) is 12.9. The summed E-state index contributed by atoms with van der Waals surface area (Å²) in [4.78, 5) is 4.38. The molecule has 1 aromatic carbocycles. The van der Waals surface area contributed by atoms with Gasteiger partial charge in [0.1, 0.15) is 5.52 Å². The monoisotopic (exact) mass is 305 g/mol. The first-order chi connectivity index (χ1) is 8.58. The number of fused-ring (bicyclic) bond motifs is 1. The van der Waals surface area contributed by atoms with Crippen molar-refractivity contribution in [3.8, 4) is 5.69 Å². The predicted octanol–water partition coefficient (Wildman–Crippen LogP) is 2.41. The number of anilines is 1. The Hall–Kier alpha value is -1.82. The number of aryl methyl sites for hydroxylation is 2. The van der Waals surface area contributed by atoms with Crippen LogP contribution in [0.1, 0.15) is 5.69 Å². The smallest absolute Gasteiger partial charge is 0.207 e. The van der Waals surface area contributed by atoms with Crippen molar-refractivity contribution in [3.63, 3.8) is 0 Å². The Balaban J connectivity index is 2.34. The van der Waals surface area contributed by atoms with Gasteiger partial charge in [0.2, 0.25) is 5.95 Å². The topological polar surface area (TPSA) is 61.7 Å². The summed E-state index contributed by atoms with van der Waals surface area (Å²) in [5.74, 6) is 0.475. The summed E-state index contributed by atoms with van der Waals surface area (Å²) in [5.41, 5.74) is 9.62. The van der Waals surface area contributed by atoms with Crippen LogP contribution in [0.15, 0.2) is 28.7 Å². The van der Waals surface area contributed by atoms with Crippen molar-refractivity contribution in [1.82, 2.24) is 19.3 Å². The second kappa shape index (κ2) is 3.84. The minimum atomic E-state index is 0.475. The van der Waals surface area contributed by atoms with Gasteiger partial charge in [0.25, 0.3) is 0 Å². The molecule has 0 saturated carbocycles. The van der Waals surface area contributed by atoms with Gasteiger partial charge in [-0.15, -0.1) is 0 Å². The fourth-order valence-electron chi connectivity index (χ4n) is 2.13. The van der Waals surface area contributed by atoms with Gasteiger partial charge >= 0.3 is 0 Å². The van der Waals surface area contributed by atoms with E-state index in [1.54, 1.807) is 4.68 Å². The molecule has 0 saturated heterocycles. The standard InChI is InChI=1S/C12H12BrN5/c1-7-10-11(17(2)16-7)18(12(14)15-10)9-5-3-8(13)4-6-9/h3-6H,1-2H3,(H2,14,15).